The van der Waals surface area contributed by atoms with Gasteiger partial charge in [-0.15, -0.1) is 0 Å². The van der Waals surface area contributed by atoms with E-state index in [9.17, 15) is 13.2 Å². The molecule has 0 atom stereocenters. The fourth-order valence-electron chi connectivity index (χ4n) is 1.58. The van der Waals surface area contributed by atoms with E-state index in [1.807, 2.05) is 0 Å². The third kappa shape index (κ3) is 4.50. The number of aromatic nitrogens is 1. The highest BCUT2D eigenvalue weighted by Crippen LogP contribution is 2.27. The maximum Gasteiger partial charge on any atom is 0.405 e. The summed E-state index contributed by atoms with van der Waals surface area (Å²) in [6.07, 6.45) is -4.29. The molecule has 1 aromatic heterocycles. The number of nitrogen functional groups attached to an aromatic ring is 1. The van der Waals surface area contributed by atoms with Gasteiger partial charge < -0.3 is 15.4 Å². The van der Waals surface area contributed by atoms with Crippen molar-refractivity contribution in [3.8, 4) is 5.88 Å². The zero-order valence-electron chi connectivity index (χ0n) is 11.2. The molecular formula is C12H18F3N3O. The predicted octanol–water partition coefficient (Wildman–Crippen LogP) is 2.84. The summed E-state index contributed by atoms with van der Waals surface area (Å²) in [5, 5.41) is 0. The van der Waals surface area contributed by atoms with E-state index in [1.165, 1.54) is 12.1 Å². The summed E-state index contributed by atoms with van der Waals surface area (Å²) in [4.78, 5) is 5.20. The molecule has 108 valence electrons. The molecule has 7 heteroatoms. The second kappa shape index (κ2) is 5.99. The number of anilines is 2. The normalized spacial score (nSPS) is 11.7. The van der Waals surface area contributed by atoms with Crippen LogP contribution in [0.3, 0.4) is 0 Å². The fraction of sp³-hybridized carbons (Fsp3) is 0.583. The molecular weight excluding hydrogens is 259 g/mol. The molecule has 0 aromatic carbocycles. The van der Waals surface area contributed by atoms with Gasteiger partial charge in [0.05, 0.1) is 12.3 Å². The van der Waals surface area contributed by atoms with Crippen molar-refractivity contribution in [1.82, 2.24) is 4.98 Å². The number of hydrogen-bond donors (Lipinski definition) is 1. The first-order valence-electron chi connectivity index (χ1n) is 5.97. The van der Waals surface area contributed by atoms with E-state index in [-0.39, 0.29) is 17.7 Å². The maximum atomic E-state index is 12.6. The van der Waals surface area contributed by atoms with Crippen molar-refractivity contribution in [2.45, 2.75) is 33.0 Å². The van der Waals surface area contributed by atoms with Crippen molar-refractivity contribution in [2.24, 2.45) is 0 Å². The molecule has 0 amide bonds. The SMILES string of the molecule is CCOc1nc(N(CC(F)(F)F)C(C)C)ccc1N. The van der Waals surface area contributed by atoms with Crippen molar-refractivity contribution >= 4 is 11.5 Å². The number of halogens is 3. The highest BCUT2D eigenvalue weighted by Gasteiger charge is 2.32. The van der Waals surface area contributed by atoms with Gasteiger partial charge in [-0.05, 0) is 32.9 Å². The number of hydrogen-bond acceptors (Lipinski definition) is 4. The monoisotopic (exact) mass is 277 g/mol. The summed E-state index contributed by atoms with van der Waals surface area (Å²) in [5.41, 5.74) is 5.96. The van der Waals surface area contributed by atoms with Gasteiger partial charge in [-0.2, -0.15) is 18.2 Å². The molecule has 0 saturated heterocycles. The van der Waals surface area contributed by atoms with Gasteiger partial charge in [0.2, 0.25) is 5.88 Å². The molecule has 1 heterocycles. The van der Waals surface area contributed by atoms with Gasteiger partial charge in [0.25, 0.3) is 0 Å². The number of alkyl halides is 3. The Labute approximate surface area is 110 Å². The summed E-state index contributed by atoms with van der Waals surface area (Å²) in [6.45, 7) is 4.38. The third-order valence-electron chi connectivity index (χ3n) is 2.42. The van der Waals surface area contributed by atoms with Crippen molar-refractivity contribution < 1.29 is 17.9 Å². The van der Waals surface area contributed by atoms with Crippen molar-refractivity contribution in [2.75, 3.05) is 23.8 Å². The third-order valence-corrected chi connectivity index (χ3v) is 2.42. The topological polar surface area (TPSA) is 51.4 Å². The van der Waals surface area contributed by atoms with Gasteiger partial charge in [-0.3, -0.25) is 0 Å². The highest BCUT2D eigenvalue weighted by molar-refractivity contribution is 5.55. The Hall–Kier alpha value is -1.66. The van der Waals surface area contributed by atoms with Crippen LogP contribution in [-0.4, -0.2) is 30.4 Å². The standard InChI is InChI=1S/C12H18F3N3O/c1-4-19-11-9(16)5-6-10(17-11)18(8(2)3)7-12(13,14)15/h5-6,8H,4,7,16H2,1-3H3. The average molecular weight is 277 g/mol. The predicted molar refractivity (Wildman–Crippen MR) is 68.4 cm³/mol. The molecule has 0 unspecified atom stereocenters. The Balaban J connectivity index is 3.06. The highest BCUT2D eigenvalue weighted by atomic mass is 19.4. The second-order valence-corrected chi connectivity index (χ2v) is 4.33. The van der Waals surface area contributed by atoms with E-state index >= 15 is 0 Å². The summed E-state index contributed by atoms with van der Waals surface area (Å²) in [6, 6.07) is 2.62. The minimum atomic E-state index is -4.29. The van der Waals surface area contributed by atoms with Crippen LogP contribution < -0.4 is 15.4 Å². The van der Waals surface area contributed by atoms with Crippen LogP contribution in [0.15, 0.2) is 12.1 Å². The van der Waals surface area contributed by atoms with Gasteiger partial charge in [-0.25, -0.2) is 0 Å². The molecule has 0 saturated carbocycles. The molecule has 2 N–H and O–H groups in total. The Morgan fingerprint density at radius 3 is 2.47 bits per heavy atom. The van der Waals surface area contributed by atoms with E-state index < -0.39 is 12.7 Å². The van der Waals surface area contributed by atoms with E-state index in [1.54, 1.807) is 20.8 Å². The number of nitrogens with two attached hydrogens (primary N) is 1. The lowest BCUT2D eigenvalue weighted by molar-refractivity contribution is -0.120. The number of nitrogens with zero attached hydrogens (tertiary/aromatic N) is 2. The largest absolute Gasteiger partial charge is 0.476 e. The summed E-state index contributed by atoms with van der Waals surface area (Å²) >= 11 is 0. The molecule has 0 fully saturated rings. The summed E-state index contributed by atoms with van der Waals surface area (Å²) in [5.74, 6) is 0.359. The van der Waals surface area contributed by atoms with Gasteiger partial charge in [0, 0.05) is 6.04 Å². The molecule has 1 aromatic rings. The van der Waals surface area contributed by atoms with Gasteiger partial charge in [0.15, 0.2) is 0 Å². The Bertz CT molecular complexity index is 421. The number of rotatable bonds is 5. The molecule has 1 rings (SSSR count). The minimum absolute atomic E-state index is 0.160. The van der Waals surface area contributed by atoms with Crippen LogP contribution in [0.5, 0.6) is 5.88 Å². The lowest BCUT2D eigenvalue weighted by Crippen LogP contribution is -2.39. The number of pyridine rings is 1. The quantitative estimate of drug-likeness (QED) is 0.899. The van der Waals surface area contributed by atoms with E-state index in [4.69, 9.17) is 10.5 Å². The van der Waals surface area contributed by atoms with Crippen LogP contribution in [0.25, 0.3) is 0 Å². The van der Waals surface area contributed by atoms with Crippen LogP contribution in [-0.2, 0) is 0 Å². The Kier molecular flexibility index (Phi) is 4.85. The fourth-order valence-corrected chi connectivity index (χ4v) is 1.58. The van der Waals surface area contributed by atoms with Crippen LogP contribution in [0.2, 0.25) is 0 Å². The van der Waals surface area contributed by atoms with Crippen LogP contribution in [0.1, 0.15) is 20.8 Å². The molecule has 0 aliphatic rings. The second-order valence-electron chi connectivity index (χ2n) is 4.33. The van der Waals surface area contributed by atoms with Crippen molar-refractivity contribution in [1.29, 1.82) is 0 Å². The van der Waals surface area contributed by atoms with Crippen molar-refractivity contribution in [3.05, 3.63) is 12.1 Å². The Morgan fingerprint density at radius 2 is 2.00 bits per heavy atom. The van der Waals surface area contributed by atoms with Gasteiger partial charge in [-0.1, -0.05) is 0 Å². The van der Waals surface area contributed by atoms with E-state index in [0.29, 0.717) is 12.3 Å². The zero-order valence-corrected chi connectivity index (χ0v) is 11.2. The van der Waals surface area contributed by atoms with E-state index in [2.05, 4.69) is 4.98 Å². The molecule has 0 aliphatic heterocycles. The first kappa shape index (κ1) is 15.4. The van der Waals surface area contributed by atoms with Crippen LogP contribution in [0.4, 0.5) is 24.7 Å². The first-order chi connectivity index (χ1) is 8.74. The molecule has 0 radical (unpaired) electrons. The Morgan fingerprint density at radius 1 is 1.37 bits per heavy atom. The lowest BCUT2D eigenvalue weighted by Gasteiger charge is -2.29. The first-order valence-corrected chi connectivity index (χ1v) is 5.97. The van der Waals surface area contributed by atoms with Crippen molar-refractivity contribution in [3.63, 3.8) is 0 Å². The molecule has 0 aliphatic carbocycles. The van der Waals surface area contributed by atoms with Gasteiger partial charge in [0.1, 0.15) is 12.4 Å². The smallest absolute Gasteiger partial charge is 0.405 e. The van der Waals surface area contributed by atoms with Crippen LogP contribution in [0, 0.1) is 0 Å². The molecule has 19 heavy (non-hydrogen) atoms. The van der Waals surface area contributed by atoms with E-state index in [0.717, 1.165) is 4.90 Å². The summed E-state index contributed by atoms with van der Waals surface area (Å²) in [7, 11) is 0. The van der Waals surface area contributed by atoms with Gasteiger partial charge >= 0.3 is 6.18 Å². The lowest BCUT2D eigenvalue weighted by atomic mass is 10.3. The molecule has 4 nitrogen and oxygen atoms in total. The average Bonchev–Trinajstić information content (AvgIpc) is 2.28. The number of ether oxygens (including phenoxy) is 1. The molecule has 0 spiro atoms. The van der Waals surface area contributed by atoms with Crippen LogP contribution >= 0.6 is 0 Å². The maximum absolute atomic E-state index is 12.6. The molecule has 0 bridgehead atoms. The zero-order chi connectivity index (χ0) is 14.6. The summed E-state index contributed by atoms with van der Waals surface area (Å²) < 4.78 is 42.9. The minimum Gasteiger partial charge on any atom is -0.476 e.